The van der Waals surface area contributed by atoms with E-state index in [1.165, 1.54) is 0 Å². The van der Waals surface area contributed by atoms with Crippen molar-refractivity contribution in [3.05, 3.63) is 42.5 Å². The molecule has 0 aliphatic heterocycles. The van der Waals surface area contributed by atoms with Crippen molar-refractivity contribution in [2.75, 3.05) is 0 Å². The van der Waals surface area contributed by atoms with E-state index >= 15 is 0 Å². The number of alkyl halides is 5. The first kappa shape index (κ1) is 14.8. The first-order chi connectivity index (χ1) is 8.32. The Labute approximate surface area is 109 Å². The third kappa shape index (κ3) is 4.18. The van der Waals surface area contributed by atoms with Crippen molar-refractivity contribution in [3.63, 3.8) is 0 Å². The smallest absolute Gasteiger partial charge is 0.429 e. The molecule has 0 radical (unpaired) electrons. The van der Waals surface area contributed by atoms with Gasteiger partial charge >= 0.3 is 6.18 Å². The molecule has 2 rings (SSSR count). The highest BCUT2D eigenvalue weighted by Gasteiger charge is 2.37. The highest BCUT2D eigenvalue weighted by atomic mass is 79.9. The van der Waals surface area contributed by atoms with Crippen molar-refractivity contribution in [2.45, 2.75) is 11.3 Å². The van der Waals surface area contributed by atoms with Gasteiger partial charge in [-0.05, 0) is 27.4 Å². The van der Waals surface area contributed by atoms with E-state index in [0.717, 1.165) is 10.8 Å². The monoisotopic (exact) mass is 324 g/mol. The van der Waals surface area contributed by atoms with Crippen LogP contribution < -0.4 is 0 Å². The minimum atomic E-state index is -4.75. The summed E-state index contributed by atoms with van der Waals surface area (Å²) in [5.41, 5.74) is 0. The predicted molar refractivity (Wildman–Crippen MR) is 65.5 cm³/mol. The maximum Gasteiger partial charge on any atom is 0.429 e. The second-order valence-corrected chi connectivity index (χ2v) is 4.14. The number of phenols is 1. The van der Waals surface area contributed by atoms with Crippen LogP contribution >= 0.6 is 15.9 Å². The fourth-order valence-electron chi connectivity index (χ4n) is 1.21. The normalized spacial score (nSPS) is 12.7. The van der Waals surface area contributed by atoms with E-state index in [2.05, 4.69) is 0 Å². The molecule has 0 bridgehead atoms. The molecule has 0 saturated heterocycles. The van der Waals surface area contributed by atoms with Crippen molar-refractivity contribution in [2.24, 2.45) is 0 Å². The van der Waals surface area contributed by atoms with Gasteiger partial charge in [-0.15, -0.1) is 0 Å². The van der Waals surface area contributed by atoms with Crippen LogP contribution in [0.25, 0.3) is 10.8 Å². The Morgan fingerprint density at radius 1 is 1.00 bits per heavy atom. The molecule has 0 saturated carbocycles. The van der Waals surface area contributed by atoms with E-state index in [9.17, 15) is 22.7 Å². The molecule has 1 atom stereocenters. The molecule has 0 aliphatic rings. The van der Waals surface area contributed by atoms with Crippen molar-refractivity contribution in [1.29, 1.82) is 0 Å². The molecule has 2 aromatic carbocycles. The third-order valence-corrected chi connectivity index (χ3v) is 2.53. The highest BCUT2D eigenvalue weighted by Crippen LogP contribution is 2.26. The van der Waals surface area contributed by atoms with Crippen LogP contribution in [0.2, 0.25) is 0 Å². The molecule has 1 N–H and O–H groups in total. The second kappa shape index (κ2) is 6.04. The topological polar surface area (TPSA) is 20.2 Å². The fraction of sp³-hybridized carbons (Fsp3) is 0.167. The molecule has 2 aromatic rings. The van der Waals surface area contributed by atoms with Crippen LogP contribution in [-0.2, 0) is 0 Å². The average Bonchev–Trinajstić information content (AvgIpc) is 2.29. The summed E-state index contributed by atoms with van der Waals surface area (Å²) in [5.74, 6) is 0.350. The first-order valence-electron chi connectivity index (χ1n) is 4.84. The van der Waals surface area contributed by atoms with Gasteiger partial charge in [0.25, 0.3) is 0 Å². The lowest BCUT2D eigenvalue weighted by molar-refractivity contribution is -0.151. The molecule has 98 valence electrons. The summed E-state index contributed by atoms with van der Waals surface area (Å²) < 4.78 is 43.3. The van der Waals surface area contributed by atoms with E-state index in [-0.39, 0.29) is 0 Å². The Hall–Kier alpha value is -1.30. The number of aromatic hydroxyl groups is 1. The van der Waals surface area contributed by atoms with Gasteiger partial charge in [0.15, 0.2) is 0 Å². The number of fused-ring (bicyclic) bond motifs is 1. The SMILES string of the molecule is FC(Br)C(F)(F)F.Oc1cccc2ccccc12. The van der Waals surface area contributed by atoms with Crippen molar-refractivity contribution in [3.8, 4) is 5.75 Å². The number of benzene rings is 2. The van der Waals surface area contributed by atoms with Crippen molar-refractivity contribution >= 4 is 26.7 Å². The van der Waals surface area contributed by atoms with Gasteiger partial charge in [-0.1, -0.05) is 36.4 Å². The van der Waals surface area contributed by atoms with Crippen LogP contribution in [0.1, 0.15) is 0 Å². The van der Waals surface area contributed by atoms with Gasteiger partial charge in [0.05, 0.1) is 0 Å². The zero-order valence-electron chi connectivity index (χ0n) is 8.96. The van der Waals surface area contributed by atoms with Crippen LogP contribution in [0.3, 0.4) is 0 Å². The van der Waals surface area contributed by atoms with Gasteiger partial charge in [-0.2, -0.15) is 13.2 Å². The summed E-state index contributed by atoms with van der Waals surface area (Å²) in [5, 5.41) is 8.47. The molecule has 0 heterocycles. The lowest BCUT2D eigenvalue weighted by atomic mass is 10.1. The number of phenolic OH excluding ortho intramolecular Hbond substituents is 1. The number of hydrogen-bond acceptors (Lipinski definition) is 1. The van der Waals surface area contributed by atoms with Gasteiger partial charge < -0.3 is 5.11 Å². The largest absolute Gasteiger partial charge is 0.507 e. The van der Waals surface area contributed by atoms with Crippen LogP contribution in [0.15, 0.2) is 42.5 Å². The molecule has 0 spiro atoms. The maximum absolute atomic E-state index is 11.0. The summed E-state index contributed by atoms with van der Waals surface area (Å²) in [6.07, 6.45) is -4.75. The van der Waals surface area contributed by atoms with Crippen LogP contribution in [0.5, 0.6) is 5.75 Å². The van der Waals surface area contributed by atoms with E-state index in [0.29, 0.717) is 5.75 Å². The quantitative estimate of drug-likeness (QED) is 0.546. The number of hydrogen-bond donors (Lipinski definition) is 1. The van der Waals surface area contributed by atoms with Crippen LogP contribution in [-0.4, -0.2) is 16.4 Å². The van der Waals surface area contributed by atoms with Crippen LogP contribution in [0, 0.1) is 0 Å². The lowest BCUT2D eigenvalue weighted by Crippen LogP contribution is -2.17. The summed E-state index contributed by atoms with van der Waals surface area (Å²) in [7, 11) is 0. The standard InChI is InChI=1S/C10H8O.C2HBrF4/c11-10-7-3-5-8-4-1-2-6-9(8)10;3-1(4)2(5,6)7/h1-7,11H;1H. The molecular formula is C12H9BrF4O. The lowest BCUT2D eigenvalue weighted by Gasteiger charge is -2.02. The summed E-state index contributed by atoms with van der Waals surface area (Å²) in [6, 6.07) is 13.3. The Balaban J connectivity index is 0.000000203. The van der Waals surface area contributed by atoms with Gasteiger partial charge in [-0.3, -0.25) is 0 Å². The zero-order chi connectivity index (χ0) is 13.8. The fourth-order valence-corrected chi connectivity index (χ4v) is 1.21. The number of halogens is 5. The van der Waals surface area contributed by atoms with Gasteiger partial charge in [-0.25, -0.2) is 4.39 Å². The van der Waals surface area contributed by atoms with E-state index in [1.807, 2.05) is 36.4 Å². The Kier molecular flexibility index (Phi) is 4.95. The summed E-state index contributed by atoms with van der Waals surface area (Å²) in [6.45, 7) is 0. The summed E-state index contributed by atoms with van der Waals surface area (Å²) >= 11 is 1.70. The average molecular weight is 325 g/mol. The molecular weight excluding hydrogens is 316 g/mol. The summed E-state index contributed by atoms with van der Waals surface area (Å²) in [4.78, 5) is 0. The molecule has 1 unspecified atom stereocenters. The molecule has 6 heteroatoms. The minimum Gasteiger partial charge on any atom is -0.507 e. The maximum atomic E-state index is 11.0. The van der Waals surface area contributed by atoms with Crippen molar-refractivity contribution < 1.29 is 22.7 Å². The molecule has 0 aromatic heterocycles. The Bertz CT molecular complexity index is 505. The Morgan fingerprint density at radius 3 is 2.00 bits per heavy atom. The highest BCUT2D eigenvalue weighted by molar-refractivity contribution is 9.09. The van der Waals surface area contributed by atoms with Crippen molar-refractivity contribution in [1.82, 2.24) is 0 Å². The van der Waals surface area contributed by atoms with Crippen LogP contribution in [0.4, 0.5) is 17.6 Å². The first-order valence-corrected chi connectivity index (χ1v) is 5.75. The predicted octanol–water partition coefficient (Wildman–Crippen LogP) is 4.78. The molecule has 18 heavy (non-hydrogen) atoms. The minimum absolute atomic E-state index is 0.350. The Morgan fingerprint density at radius 2 is 1.50 bits per heavy atom. The second-order valence-electron chi connectivity index (χ2n) is 3.34. The third-order valence-electron chi connectivity index (χ3n) is 2.01. The van der Waals surface area contributed by atoms with Gasteiger partial charge in [0.1, 0.15) is 5.75 Å². The molecule has 0 fully saturated rings. The van der Waals surface area contributed by atoms with Gasteiger partial charge in [0, 0.05) is 5.39 Å². The van der Waals surface area contributed by atoms with Gasteiger partial charge in [0.2, 0.25) is 5.08 Å². The molecule has 1 nitrogen and oxygen atoms in total. The van der Waals surface area contributed by atoms with E-state index in [1.54, 1.807) is 22.0 Å². The van der Waals surface area contributed by atoms with E-state index < -0.39 is 11.3 Å². The number of rotatable bonds is 0. The molecule has 0 amide bonds. The zero-order valence-corrected chi connectivity index (χ0v) is 10.5. The van der Waals surface area contributed by atoms with E-state index in [4.69, 9.17) is 0 Å². The molecule has 0 aliphatic carbocycles.